The molecular weight excluding hydrogens is 380 g/mol. The van der Waals surface area contributed by atoms with E-state index in [1.807, 2.05) is 74.5 Å². The molecule has 2 aromatic carbocycles. The van der Waals surface area contributed by atoms with Crippen LogP contribution in [0, 0.1) is 13.8 Å². The van der Waals surface area contributed by atoms with Gasteiger partial charge in [0.15, 0.2) is 5.17 Å². The van der Waals surface area contributed by atoms with Crippen LogP contribution in [-0.2, 0) is 11.2 Å². The van der Waals surface area contributed by atoms with E-state index in [4.69, 9.17) is 9.41 Å². The molecule has 2 heterocycles. The molecule has 4 rings (SSSR count). The number of amides is 1. The molecule has 1 fully saturated rings. The molecule has 1 amide bonds. The average Bonchev–Trinajstić information content (AvgIpc) is 3.20. The molecule has 0 aliphatic carbocycles. The van der Waals surface area contributed by atoms with Crippen molar-refractivity contribution >= 4 is 34.6 Å². The molecule has 1 aromatic heterocycles. The van der Waals surface area contributed by atoms with Crippen molar-refractivity contribution in [1.82, 2.24) is 4.90 Å². The van der Waals surface area contributed by atoms with Gasteiger partial charge in [-0.15, -0.1) is 0 Å². The summed E-state index contributed by atoms with van der Waals surface area (Å²) in [7, 11) is 0. The predicted molar refractivity (Wildman–Crippen MR) is 119 cm³/mol. The molecule has 146 valence electrons. The van der Waals surface area contributed by atoms with Crippen LogP contribution >= 0.6 is 11.8 Å². The van der Waals surface area contributed by atoms with Crippen LogP contribution in [0.4, 0.5) is 5.69 Å². The zero-order valence-electron chi connectivity index (χ0n) is 16.5. The average molecular weight is 403 g/mol. The zero-order valence-corrected chi connectivity index (χ0v) is 17.3. The summed E-state index contributed by atoms with van der Waals surface area (Å²) >= 11 is 1.42. The minimum absolute atomic E-state index is 0.0149. The Bertz CT molecular complexity index is 1070. The summed E-state index contributed by atoms with van der Waals surface area (Å²) in [6, 6.07) is 21.9. The van der Waals surface area contributed by atoms with Crippen molar-refractivity contribution in [3.63, 3.8) is 0 Å². The fourth-order valence-electron chi connectivity index (χ4n) is 3.22. The largest absolute Gasteiger partial charge is 0.466 e. The van der Waals surface area contributed by atoms with Crippen LogP contribution in [0.25, 0.3) is 6.08 Å². The minimum atomic E-state index is -0.0149. The smallest absolute Gasteiger partial charge is 0.266 e. The third-order valence-electron chi connectivity index (χ3n) is 4.70. The van der Waals surface area contributed by atoms with E-state index in [-0.39, 0.29) is 5.91 Å². The first-order valence-electron chi connectivity index (χ1n) is 9.56. The Morgan fingerprint density at radius 1 is 1.03 bits per heavy atom. The van der Waals surface area contributed by atoms with Crippen molar-refractivity contribution in [3.8, 4) is 0 Å². The Balaban J connectivity index is 1.64. The fraction of sp³-hybridized carbons (Fsp3) is 0.167. The SMILES string of the molecule is Cc1cc(/C=C2\SC(=Nc3ccccc3)N(CCc3ccccc3)C2=O)c(C)o1. The zero-order chi connectivity index (χ0) is 20.2. The first-order valence-corrected chi connectivity index (χ1v) is 10.4. The predicted octanol–water partition coefficient (Wildman–Crippen LogP) is 5.74. The number of para-hydroxylation sites is 1. The maximum atomic E-state index is 13.2. The monoisotopic (exact) mass is 402 g/mol. The van der Waals surface area contributed by atoms with Crippen molar-refractivity contribution in [2.24, 2.45) is 4.99 Å². The van der Waals surface area contributed by atoms with Gasteiger partial charge in [-0.05, 0) is 61.9 Å². The second-order valence-electron chi connectivity index (χ2n) is 6.90. The first kappa shape index (κ1) is 19.3. The molecule has 4 nitrogen and oxygen atoms in total. The van der Waals surface area contributed by atoms with E-state index in [2.05, 4.69) is 12.1 Å². The number of carbonyl (C=O) groups excluding carboxylic acids is 1. The normalized spacial score (nSPS) is 16.9. The molecule has 29 heavy (non-hydrogen) atoms. The highest BCUT2D eigenvalue weighted by Crippen LogP contribution is 2.35. The number of carbonyl (C=O) groups is 1. The van der Waals surface area contributed by atoms with Gasteiger partial charge in [0, 0.05) is 12.1 Å². The van der Waals surface area contributed by atoms with Crippen LogP contribution in [0.3, 0.4) is 0 Å². The molecular formula is C24H22N2O2S. The van der Waals surface area contributed by atoms with Crippen LogP contribution in [0.2, 0.25) is 0 Å². The van der Waals surface area contributed by atoms with Gasteiger partial charge in [0.2, 0.25) is 0 Å². The van der Waals surface area contributed by atoms with E-state index in [9.17, 15) is 4.79 Å². The number of hydrogen-bond acceptors (Lipinski definition) is 4. The maximum absolute atomic E-state index is 13.2. The third-order valence-corrected chi connectivity index (χ3v) is 5.71. The van der Waals surface area contributed by atoms with Gasteiger partial charge in [-0.25, -0.2) is 4.99 Å². The molecule has 3 aromatic rings. The van der Waals surface area contributed by atoms with Crippen LogP contribution in [-0.4, -0.2) is 22.5 Å². The fourth-order valence-corrected chi connectivity index (χ4v) is 4.24. The minimum Gasteiger partial charge on any atom is -0.466 e. The molecule has 0 bridgehead atoms. The number of aryl methyl sites for hydroxylation is 2. The van der Waals surface area contributed by atoms with Crippen molar-refractivity contribution in [1.29, 1.82) is 0 Å². The summed E-state index contributed by atoms with van der Waals surface area (Å²) in [5.41, 5.74) is 2.97. The molecule has 0 radical (unpaired) electrons. The lowest BCUT2D eigenvalue weighted by molar-refractivity contribution is -0.122. The molecule has 0 spiro atoms. The van der Waals surface area contributed by atoms with E-state index >= 15 is 0 Å². The second kappa shape index (κ2) is 8.53. The quantitative estimate of drug-likeness (QED) is 0.511. The molecule has 0 unspecified atom stereocenters. The summed E-state index contributed by atoms with van der Waals surface area (Å²) in [6.07, 6.45) is 2.68. The van der Waals surface area contributed by atoms with Crippen LogP contribution in [0.15, 0.2) is 81.0 Å². The number of rotatable bonds is 5. The molecule has 0 atom stereocenters. The van der Waals surface area contributed by atoms with E-state index < -0.39 is 0 Å². The number of furan rings is 1. The number of nitrogens with zero attached hydrogens (tertiary/aromatic N) is 2. The van der Waals surface area contributed by atoms with Crippen molar-refractivity contribution < 1.29 is 9.21 Å². The van der Waals surface area contributed by atoms with E-state index in [1.165, 1.54) is 17.3 Å². The summed E-state index contributed by atoms with van der Waals surface area (Å²) in [6.45, 7) is 4.41. The molecule has 1 aliphatic rings. The van der Waals surface area contributed by atoms with Gasteiger partial charge in [0.1, 0.15) is 11.5 Å². The molecule has 0 N–H and O–H groups in total. The van der Waals surface area contributed by atoms with E-state index in [1.54, 1.807) is 4.90 Å². The summed E-state index contributed by atoms with van der Waals surface area (Å²) in [5, 5.41) is 0.709. The summed E-state index contributed by atoms with van der Waals surface area (Å²) in [5.74, 6) is 1.63. The highest BCUT2D eigenvalue weighted by atomic mass is 32.2. The standard InChI is InChI=1S/C24H22N2O2S/c1-17-15-20(18(2)28-17)16-22-23(27)26(14-13-19-9-5-3-6-10-19)24(29-22)25-21-11-7-4-8-12-21/h3-12,15-16H,13-14H2,1-2H3/b22-16-,25-24?. The maximum Gasteiger partial charge on any atom is 0.266 e. The van der Waals surface area contributed by atoms with Crippen LogP contribution < -0.4 is 0 Å². The Morgan fingerprint density at radius 3 is 2.38 bits per heavy atom. The number of thioether (sulfide) groups is 1. The molecule has 1 aliphatic heterocycles. The number of benzene rings is 2. The lowest BCUT2D eigenvalue weighted by Gasteiger charge is -2.15. The Labute approximate surface area is 175 Å². The van der Waals surface area contributed by atoms with Gasteiger partial charge in [-0.1, -0.05) is 48.5 Å². The third kappa shape index (κ3) is 4.51. The number of hydrogen-bond donors (Lipinski definition) is 0. The first-order chi connectivity index (χ1) is 14.1. The van der Waals surface area contributed by atoms with E-state index in [0.717, 1.165) is 29.2 Å². The van der Waals surface area contributed by atoms with Crippen molar-refractivity contribution in [2.75, 3.05) is 6.54 Å². The summed E-state index contributed by atoms with van der Waals surface area (Å²) < 4.78 is 5.61. The highest BCUT2D eigenvalue weighted by Gasteiger charge is 2.33. The van der Waals surface area contributed by atoms with Crippen LogP contribution in [0.1, 0.15) is 22.6 Å². The molecule has 1 saturated heterocycles. The molecule has 5 heteroatoms. The van der Waals surface area contributed by atoms with Gasteiger partial charge in [-0.2, -0.15) is 0 Å². The van der Waals surface area contributed by atoms with Gasteiger partial charge in [0.25, 0.3) is 5.91 Å². The van der Waals surface area contributed by atoms with Crippen molar-refractivity contribution in [2.45, 2.75) is 20.3 Å². The topological polar surface area (TPSA) is 45.8 Å². The number of aliphatic imine (C=N–C) groups is 1. The van der Waals surface area contributed by atoms with Gasteiger partial charge in [0.05, 0.1) is 10.6 Å². The van der Waals surface area contributed by atoms with Crippen molar-refractivity contribution in [3.05, 3.63) is 94.3 Å². The Kier molecular flexibility index (Phi) is 5.67. The van der Waals surface area contributed by atoms with E-state index in [0.29, 0.717) is 16.6 Å². The summed E-state index contributed by atoms with van der Waals surface area (Å²) in [4.78, 5) is 20.4. The molecule has 0 saturated carbocycles. The second-order valence-corrected chi connectivity index (χ2v) is 7.91. The van der Waals surface area contributed by atoms with Gasteiger partial charge < -0.3 is 4.42 Å². The Hall–Kier alpha value is -3.05. The lowest BCUT2D eigenvalue weighted by Crippen LogP contribution is -2.31. The van der Waals surface area contributed by atoms with Gasteiger partial charge >= 0.3 is 0 Å². The lowest BCUT2D eigenvalue weighted by atomic mass is 10.1. The highest BCUT2D eigenvalue weighted by molar-refractivity contribution is 8.18. The van der Waals surface area contributed by atoms with Gasteiger partial charge in [-0.3, -0.25) is 9.69 Å². The van der Waals surface area contributed by atoms with Crippen LogP contribution in [0.5, 0.6) is 0 Å². The number of amidine groups is 1. The Morgan fingerprint density at radius 2 is 1.72 bits per heavy atom.